The molecule has 0 bridgehead atoms. The molecule has 2 aromatic heterocycles. The van der Waals surface area contributed by atoms with Gasteiger partial charge in [0.25, 0.3) is 5.91 Å². The SMILES string of the molecule is CCOC(=O)c1ccc(Nc2cc(C(=O)NCc3ccccn3)ccn2)cc1. The number of anilines is 2. The fraction of sp³-hybridized carbons (Fsp3) is 0.143. The Bertz CT molecular complexity index is 943. The van der Waals surface area contributed by atoms with Gasteiger partial charge in [0, 0.05) is 23.6 Å². The first kappa shape index (κ1) is 19.0. The van der Waals surface area contributed by atoms with E-state index in [1.165, 1.54) is 0 Å². The van der Waals surface area contributed by atoms with Crippen LogP contribution in [0.2, 0.25) is 0 Å². The molecule has 0 saturated carbocycles. The molecule has 1 aromatic carbocycles. The Morgan fingerprint density at radius 3 is 2.50 bits per heavy atom. The van der Waals surface area contributed by atoms with Gasteiger partial charge < -0.3 is 15.4 Å². The van der Waals surface area contributed by atoms with Crippen molar-refractivity contribution in [3.05, 3.63) is 83.8 Å². The Labute approximate surface area is 162 Å². The highest BCUT2D eigenvalue weighted by molar-refractivity contribution is 5.95. The van der Waals surface area contributed by atoms with Gasteiger partial charge in [0.2, 0.25) is 0 Å². The van der Waals surface area contributed by atoms with Crippen molar-refractivity contribution >= 4 is 23.4 Å². The number of aromatic nitrogens is 2. The van der Waals surface area contributed by atoms with Crippen LogP contribution in [0.5, 0.6) is 0 Å². The van der Waals surface area contributed by atoms with Gasteiger partial charge in [-0.05, 0) is 55.5 Å². The van der Waals surface area contributed by atoms with Crippen molar-refractivity contribution in [3.63, 3.8) is 0 Å². The second-order valence-corrected chi connectivity index (χ2v) is 5.86. The van der Waals surface area contributed by atoms with Gasteiger partial charge in [-0.15, -0.1) is 0 Å². The fourth-order valence-electron chi connectivity index (χ4n) is 2.47. The second-order valence-electron chi connectivity index (χ2n) is 5.86. The lowest BCUT2D eigenvalue weighted by Crippen LogP contribution is -2.23. The van der Waals surface area contributed by atoms with Crippen molar-refractivity contribution in [3.8, 4) is 0 Å². The number of benzene rings is 1. The predicted molar refractivity (Wildman–Crippen MR) is 105 cm³/mol. The van der Waals surface area contributed by atoms with Gasteiger partial charge in [-0.2, -0.15) is 0 Å². The summed E-state index contributed by atoms with van der Waals surface area (Å²) in [7, 11) is 0. The van der Waals surface area contributed by atoms with Gasteiger partial charge in [0.15, 0.2) is 0 Å². The Hall–Kier alpha value is -3.74. The van der Waals surface area contributed by atoms with Gasteiger partial charge >= 0.3 is 5.97 Å². The minimum atomic E-state index is -0.362. The van der Waals surface area contributed by atoms with E-state index >= 15 is 0 Å². The molecular weight excluding hydrogens is 356 g/mol. The Balaban J connectivity index is 1.62. The molecule has 7 nitrogen and oxygen atoms in total. The molecule has 2 heterocycles. The summed E-state index contributed by atoms with van der Waals surface area (Å²) >= 11 is 0. The number of amides is 1. The first-order valence-corrected chi connectivity index (χ1v) is 8.84. The second kappa shape index (κ2) is 9.27. The van der Waals surface area contributed by atoms with Crippen molar-refractivity contribution < 1.29 is 14.3 Å². The maximum atomic E-state index is 12.4. The van der Waals surface area contributed by atoms with Crippen LogP contribution in [0.1, 0.15) is 33.3 Å². The summed E-state index contributed by atoms with van der Waals surface area (Å²) < 4.78 is 4.96. The van der Waals surface area contributed by atoms with Crippen LogP contribution >= 0.6 is 0 Å². The van der Waals surface area contributed by atoms with Gasteiger partial charge in [0.1, 0.15) is 5.82 Å². The summed E-state index contributed by atoms with van der Waals surface area (Å²) in [4.78, 5) is 32.5. The van der Waals surface area contributed by atoms with Crippen molar-refractivity contribution in [2.24, 2.45) is 0 Å². The summed E-state index contributed by atoms with van der Waals surface area (Å²) in [5.41, 5.74) is 2.48. The number of rotatable bonds is 7. The molecule has 142 valence electrons. The number of esters is 1. The fourth-order valence-corrected chi connectivity index (χ4v) is 2.47. The van der Waals surface area contributed by atoms with E-state index in [0.29, 0.717) is 30.1 Å². The summed E-state index contributed by atoms with van der Waals surface area (Å²) in [5, 5.41) is 5.95. The van der Waals surface area contributed by atoms with E-state index in [-0.39, 0.29) is 11.9 Å². The van der Waals surface area contributed by atoms with E-state index < -0.39 is 0 Å². The van der Waals surface area contributed by atoms with E-state index in [1.54, 1.807) is 55.7 Å². The number of hydrogen-bond acceptors (Lipinski definition) is 6. The lowest BCUT2D eigenvalue weighted by atomic mass is 10.2. The smallest absolute Gasteiger partial charge is 0.338 e. The normalized spacial score (nSPS) is 10.2. The molecule has 7 heteroatoms. The molecule has 0 aliphatic rings. The topological polar surface area (TPSA) is 93.2 Å². The van der Waals surface area contributed by atoms with E-state index in [2.05, 4.69) is 20.6 Å². The third-order valence-corrected chi connectivity index (χ3v) is 3.85. The Morgan fingerprint density at radius 2 is 1.79 bits per heavy atom. The molecule has 0 radical (unpaired) electrons. The van der Waals surface area contributed by atoms with Gasteiger partial charge in [0.05, 0.1) is 24.4 Å². The third-order valence-electron chi connectivity index (χ3n) is 3.85. The zero-order valence-electron chi connectivity index (χ0n) is 15.4. The maximum absolute atomic E-state index is 12.4. The molecule has 0 aliphatic heterocycles. The van der Waals surface area contributed by atoms with E-state index in [9.17, 15) is 9.59 Å². The van der Waals surface area contributed by atoms with Crippen LogP contribution in [0.4, 0.5) is 11.5 Å². The first-order valence-electron chi connectivity index (χ1n) is 8.84. The minimum Gasteiger partial charge on any atom is -0.462 e. The molecule has 0 aliphatic carbocycles. The summed E-state index contributed by atoms with van der Waals surface area (Å²) in [6.45, 7) is 2.44. The highest BCUT2D eigenvalue weighted by atomic mass is 16.5. The summed E-state index contributed by atoms with van der Waals surface area (Å²) in [6.07, 6.45) is 3.24. The van der Waals surface area contributed by atoms with Crippen molar-refractivity contribution in [2.45, 2.75) is 13.5 Å². The molecule has 0 unspecified atom stereocenters. The number of hydrogen-bond donors (Lipinski definition) is 2. The average Bonchev–Trinajstić information content (AvgIpc) is 2.73. The molecule has 0 atom stereocenters. The number of nitrogens with one attached hydrogen (secondary N) is 2. The van der Waals surface area contributed by atoms with Crippen molar-refractivity contribution in [1.82, 2.24) is 15.3 Å². The minimum absolute atomic E-state index is 0.214. The number of ether oxygens (including phenoxy) is 1. The monoisotopic (exact) mass is 376 g/mol. The zero-order chi connectivity index (χ0) is 19.8. The molecule has 2 N–H and O–H groups in total. The lowest BCUT2D eigenvalue weighted by Gasteiger charge is -2.09. The van der Waals surface area contributed by atoms with E-state index in [0.717, 1.165) is 11.4 Å². The van der Waals surface area contributed by atoms with Crippen LogP contribution < -0.4 is 10.6 Å². The average molecular weight is 376 g/mol. The first-order chi connectivity index (χ1) is 13.7. The van der Waals surface area contributed by atoms with Gasteiger partial charge in [-0.3, -0.25) is 9.78 Å². The Kier molecular flexibility index (Phi) is 6.30. The molecular formula is C21H20N4O3. The third kappa shape index (κ3) is 5.14. The van der Waals surface area contributed by atoms with E-state index in [4.69, 9.17) is 4.74 Å². The van der Waals surface area contributed by atoms with Gasteiger partial charge in [-0.25, -0.2) is 9.78 Å². The Morgan fingerprint density at radius 1 is 0.964 bits per heavy atom. The largest absolute Gasteiger partial charge is 0.462 e. The molecule has 0 spiro atoms. The van der Waals surface area contributed by atoms with Crippen LogP contribution in [0.25, 0.3) is 0 Å². The van der Waals surface area contributed by atoms with E-state index in [1.807, 2.05) is 18.2 Å². The molecule has 28 heavy (non-hydrogen) atoms. The highest BCUT2D eigenvalue weighted by Crippen LogP contribution is 2.17. The maximum Gasteiger partial charge on any atom is 0.338 e. The zero-order valence-corrected chi connectivity index (χ0v) is 15.4. The van der Waals surface area contributed by atoms with Crippen LogP contribution in [-0.2, 0) is 11.3 Å². The number of carbonyl (C=O) groups excluding carboxylic acids is 2. The molecule has 0 fully saturated rings. The number of carbonyl (C=O) groups is 2. The highest BCUT2D eigenvalue weighted by Gasteiger charge is 2.09. The predicted octanol–water partition coefficient (Wildman–Crippen LogP) is 3.33. The lowest BCUT2D eigenvalue weighted by molar-refractivity contribution is 0.0526. The van der Waals surface area contributed by atoms with Crippen molar-refractivity contribution in [1.29, 1.82) is 0 Å². The van der Waals surface area contributed by atoms with Crippen LogP contribution in [0, 0.1) is 0 Å². The molecule has 3 rings (SSSR count). The van der Waals surface area contributed by atoms with Crippen molar-refractivity contribution in [2.75, 3.05) is 11.9 Å². The number of pyridine rings is 2. The van der Waals surface area contributed by atoms with Crippen LogP contribution in [0.3, 0.4) is 0 Å². The number of nitrogens with zero attached hydrogens (tertiary/aromatic N) is 2. The summed E-state index contributed by atoms with van der Waals surface area (Å²) in [6, 6.07) is 15.7. The standard InChI is InChI=1S/C21H20N4O3/c1-2-28-21(27)15-6-8-17(9-7-15)25-19-13-16(10-12-23-19)20(26)24-14-18-5-3-4-11-22-18/h3-13H,2,14H2,1H3,(H,23,25)(H,24,26). The molecule has 1 amide bonds. The van der Waals surface area contributed by atoms with Gasteiger partial charge in [-0.1, -0.05) is 6.07 Å². The molecule has 0 saturated heterocycles. The quantitative estimate of drug-likeness (QED) is 0.615. The van der Waals surface area contributed by atoms with Crippen LogP contribution in [0.15, 0.2) is 67.0 Å². The molecule has 3 aromatic rings. The summed E-state index contributed by atoms with van der Waals surface area (Å²) in [5.74, 6) is -0.0538. The van der Waals surface area contributed by atoms with Crippen LogP contribution in [-0.4, -0.2) is 28.5 Å².